The van der Waals surface area contributed by atoms with Crippen molar-refractivity contribution < 1.29 is 19.5 Å². The second kappa shape index (κ2) is 7.75. The van der Waals surface area contributed by atoms with E-state index in [0.717, 1.165) is 27.9 Å². The van der Waals surface area contributed by atoms with Crippen LogP contribution in [-0.2, 0) is 11.2 Å². The number of hydroxylamine groups is 2. The van der Waals surface area contributed by atoms with Gasteiger partial charge in [0.2, 0.25) is 0 Å². The summed E-state index contributed by atoms with van der Waals surface area (Å²) in [5.41, 5.74) is -0.526. The maximum atomic E-state index is 12.0. The topological polar surface area (TPSA) is 108 Å². The summed E-state index contributed by atoms with van der Waals surface area (Å²) in [5, 5.41) is 23.2. The van der Waals surface area contributed by atoms with Crippen LogP contribution in [0, 0.1) is 0 Å². The molecule has 3 amide bonds. The third-order valence-electron chi connectivity index (χ3n) is 4.12. The number of rotatable bonds is 4. The van der Waals surface area contributed by atoms with E-state index in [1.807, 2.05) is 20.8 Å². The fourth-order valence-corrected chi connectivity index (χ4v) is 3.99. The molecule has 0 spiro atoms. The highest BCUT2D eigenvalue weighted by Crippen LogP contribution is 2.38. The number of amides is 3. The Morgan fingerprint density at radius 2 is 2.12 bits per heavy atom. The molecule has 2 aliphatic heterocycles. The van der Waals surface area contributed by atoms with Crippen molar-refractivity contribution in [3.8, 4) is 0 Å². The molecule has 2 atom stereocenters. The molecule has 9 nitrogen and oxygen atoms in total. The number of carbonyl (C=O) groups excluding carboxylic acids is 2. The molecule has 0 saturated carbocycles. The van der Waals surface area contributed by atoms with Crippen LogP contribution in [0.3, 0.4) is 0 Å². The van der Waals surface area contributed by atoms with Crippen LogP contribution in [0.25, 0.3) is 0 Å². The standard InChI is InChI=1S/C15H23N5O4S.CH4/c1-15(2,3)24-13(21)16-7-6-11-17-18-12(25-11)10-5-4-9-8-19(10)14(22)20(9)23;/h9-10,23H,4-8H2,1-3H3,(H,16,21);1H4/t9?,10-;/m0./s1. The average molecular weight is 385 g/mol. The Balaban J connectivity index is 0.00000243. The van der Waals surface area contributed by atoms with Crippen molar-refractivity contribution in [2.45, 2.75) is 65.1 Å². The monoisotopic (exact) mass is 385 g/mol. The molecule has 0 aliphatic carbocycles. The van der Waals surface area contributed by atoms with Crippen molar-refractivity contribution in [1.82, 2.24) is 25.5 Å². The molecule has 2 aliphatic rings. The van der Waals surface area contributed by atoms with Crippen molar-refractivity contribution in [3.63, 3.8) is 0 Å². The summed E-state index contributed by atoms with van der Waals surface area (Å²) in [4.78, 5) is 25.3. The van der Waals surface area contributed by atoms with Crippen LogP contribution in [0.15, 0.2) is 0 Å². The van der Waals surface area contributed by atoms with Gasteiger partial charge >= 0.3 is 12.1 Å². The Morgan fingerprint density at radius 3 is 2.81 bits per heavy atom. The van der Waals surface area contributed by atoms with E-state index < -0.39 is 11.7 Å². The van der Waals surface area contributed by atoms with Crippen LogP contribution in [0.4, 0.5) is 9.59 Å². The Hall–Kier alpha value is -1.94. The molecule has 1 aromatic rings. The Bertz CT molecular complexity index is 659. The lowest BCUT2D eigenvalue weighted by Crippen LogP contribution is -2.33. The number of carbonyl (C=O) groups is 2. The minimum atomic E-state index is -0.526. The summed E-state index contributed by atoms with van der Waals surface area (Å²) in [5.74, 6) is 0. The summed E-state index contributed by atoms with van der Waals surface area (Å²) in [6, 6.07) is -0.615. The normalized spacial score (nSPS) is 22.2. The van der Waals surface area contributed by atoms with Crippen LogP contribution in [-0.4, -0.2) is 62.2 Å². The summed E-state index contributed by atoms with van der Waals surface area (Å²) in [6.07, 6.45) is 1.60. The Morgan fingerprint density at radius 1 is 1.38 bits per heavy atom. The van der Waals surface area contributed by atoms with Crippen molar-refractivity contribution in [3.05, 3.63) is 10.0 Å². The van der Waals surface area contributed by atoms with Gasteiger partial charge in [-0.3, -0.25) is 5.21 Å². The van der Waals surface area contributed by atoms with Crippen LogP contribution < -0.4 is 5.32 Å². The zero-order chi connectivity index (χ0) is 18.2. The number of ether oxygens (including phenoxy) is 1. The number of alkyl carbamates (subject to hydrolysis) is 1. The van der Waals surface area contributed by atoms with Gasteiger partial charge in [-0.05, 0) is 33.6 Å². The summed E-state index contributed by atoms with van der Waals surface area (Å²) in [7, 11) is 0. The van der Waals surface area contributed by atoms with Gasteiger partial charge in [-0.25, -0.2) is 14.7 Å². The summed E-state index contributed by atoms with van der Waals surface area (Å²) in [6.45, 7) is 6.36. The Kier molecular flexibility index (Phi) is 6.07. The van der Waals surface area contributed by atoms with Gasteiger partial charge in [-0.15, -0.1) is 10.2 Å². The maximum absolute atomic E-state index is 12.0. The fraction of sp³-hybridized carbons (Fsp3) is 0.750. The average Bonchev–Trinajstić information content (AvgIpc) is 3.07. The zero-order valence-corrected chi connectivity index (χ0v) is 15.4. The largest absolute Gasteiger partial charge is 0.444 e. The van der Waals surface area contributed by atoms with Gasteiger partial charge < -0.3 is 15.0 Å². The highest BCUT2D eigenvalue weighted by Gasteiger charge is 2.45. The number of nitrogens with zero attached hydrogens (tertiary/aromatic N) is 4. The third kappa shape index (κ3) is 4.42. The number of piperidine rings is 1. The van der Waals surface area contributed by atoms with E-state index in [9.17, 15) is 14.8 Å². The van der Waals surface area contributed by atoms with Gasteiger partial charge in [0.05, 0.1) is 12.1 Å². The predicted octanol–water partition coefficient (Wildman–Crippen LogP) is 2.57. The van der Waals surface area contributed by atoms with Crippen molar-refractivity contribution in [2.75, 3.05) is 13.1 Å². The molecule has 2 N–H and O–H groups in total. The number of urea groups is 1. The number of hydrogen-bond donors (Lipinski definition) is 2. The molecule has 2 fully saturated rings. The van der Waals surface area contributed by atoms with Gasteiger partial charge in [0.15, 0.2) is 0 Å². The van der Waals surface area contributed by atoms with Crippen LogP contribution in [0.5, 0.6) is 0 Å². The first-order chi connectivity index (χ1) is 11.7. The minimum absolute atomic E-state index is 0. The lowest BCUT2D eigenvalue weighted by Gasteiger charge is -2.28. The summed E-state index contributed by atoms with van der Waals surface area (Å²) >= 11 is 1.44. The smallest absolute Gasteiger partial charge is 0.407 e. The molecule has 2 saturated heterocycles. The van der Waals surface area contributed by atoms with E-state index in [1.165, 1.54) is 11.3 Å². The zero-order valence-electron chi connectivity index (χ0n) is 14.6. The Labute approximate surface area is 157 Å². The van der Waals surface area contributed by atoms with E-state index in [1.54, 1.807) is 4.90 Å². The van der Waals surface area contributed by atoms with Crippen LogP contribution in [0.1, 0.15) is 57.1 Å². The molecular formula is C16H27N5O4S. The molecule has 26 heavy (non-hydrogen) atoms. The van der Waals surface area contributed by atoms with E-state index >= 15 is 0 Å². The SMILES string of the molecule is C.CC(C)(C)OC(=O)NCCc1nnc([C@@H]2CCC3CN2C(=O)N3O)s1. The molecule has 146 valence electrons. The summed E-state index contributed by atoms with van der Waals surface area (Å²) < 4.78 is 5.18. The van der Waals surface area contributed by atoms with E-state index in [-0.39, 0.29) is 25.5 Å². The molecule has 0 aromatic carbocycles. The molecule has 3 rings (SSSR count). The quantitative estimate of drug-likeness (QED) is 0.771. The van der Waals surface area contributed by atoms with Gasteiger partial charge in [-0.1, -0.05) is 18.8 Å². The van der Waals surface area contributed by atoms with E-state index in [0.29, 0.717) is 19.5 Å². The first kappa shape index (κ1) is 20.4. The third-order valence-corrected chi connectivity index (χ3v) is 5.20. The number of fused-ring (bicyclic) bond motifs is 2. The number of nitrogens with one attached hydrogen (secondary N) is 1. The van der Waals surface area contributed by atoms with Crippen LogP contribution >= 0.6 is 11.3 Å². The maximum Gasteiger partial charge on any atom is 0.407 e. The van der Waals surface area contributed by atoms with Gasteiger partial charge in [0, 0.05) is 19.5 Å². The molecular weight excluding hydrogens is 358 g/mol. The van der Waals surface area contributed by atoms with Gasteiger partial charge in [0.1, 0.15) is 15.6 Å². The van der Waals surface area contributed by atoms with E-state index in [4.69, 9.17) is 4.74 Å². The first-order valence-corrected chi connectivity index (χ1v) is 9.14. The molecule has 1 aromatic heterocycles. The van der Waals surface area contributed by atoms with Gasteiger partial charge in [0.25, 0.3) is 0 Å². The lowest BCUT2D eigenvalue weighted by atomic mass is 10.0. The molecule has 2 bridgehead atoms. The molecule has 10 heteroatoms. The first-order valence-electron chi connectivity index (χ1n) is 8.32. The highest BCUT2D eigenvalue weighted by atomic mass is 32.1. The van der Waals surface area contributed by atoms with Crippen molar-refractivity contribution in [1.29, 1.82) is 0 Å². The second-order valence-corrected chi connectivity index (χ2v) is 8.33. The molecule has 3 heterocycles. The lowest BCUT2D eigenvalue weighted by molar-refractivity contribution is -0.0584. The van der Waals surface area contributed by atoms with Crippen LogP contribution in [0.2, 0.25) is 0 Å². The number of hydrogen-bond acceptors (Lipinski definition) is 7. The van der Waals surface area contributed by atoms with Gasteiger partial charge in [-0.2, -0.15) is 0 Å². The minimum Gasteiger partial charge on any atom is -0.444 e. The second-order valence-electron chi connectivity index (χ2n) is 7.24. The molecule has 1 unspecified atom stereocenters. The molecule has 0 radical (unpaired) electrons. The number of aromatic nitrogens is 2. The predicted molar refractivity (Wildman–Crippen MR) is 96.1 cm³/mol. The van der Waals surface area contributed by atoms with Crippen molar-refractivity contribution >= 4 is 23.5 Å². The fourth-order valence-electron chi connectivity index (χ4n) is 3.00. The highest BCUT2D eigenvalue weighted by molar-refractivity contribution is 7.11. The van der Waals surface area contributed by atoms with E-state index in [2.05, 4.69) is 15.5 Å². The van der Waals surface area contributed by atoms with Crippen molar-refractivity contribution in [2.24, 2.45) is 0 Å².